The molecule has 1 unspecified atom stereocenters. The van der Waals surface area contributed by atoms with Crippen LogP contribution >= 0.6 is 0 Å². The Morgan fingerprint density at radius 1 is 1.56 bits per heavy atom. The van der Waals surface area contributed by atoms with Crippen molar-refractivity contribution in [1.29, 1.82) is 0 Å². The Kier molecular flexibility index (Phi) is 2.05. The van der Waals surface area contributed by atoms with Gasteiger partial charge in [0.2, 0.25) is 0 Å². The molecule has 1 heterocycles. The first-order chi connectivity index (χ1) is 4.20. The fourth-order valence-electron chi connectivity index (χ4n) is 1.05. The molecular weight excluding hydrogens is 114 g/mol. The van der Waals surface area contributed by atoms with Gasteiger partial charge in [0.15, 0.2) is 0 Å². The number of hydrazine groups is 1. The molecule has 1 N–H and O–H groups in total. The molecule has 0 amide bonds. The summed E-state index contributed by atoms with van der Waals surface area (Å²) in [5.74, 6) is 0. The Labute approximate surface area is 56.6 Å². The molecule has 0 aliphatic carbocycles. The molecule has 3 nitrogen and oxygen atoms in total. The van der Waals surface area contributed by atoms with Crippen LogP contribution in [0, 0.1) is 0 Å². The molecule has 3 heteroatoms. The van der Waals surface area contributed by atoms with Gasteiger partial charge in [0.25, 0.3) is 0 Å². The van der Waals surface area contributed by atoms with E-state index in [0.717, 1.165) is 13.1 Å². The Hall–Kier alpha value is -0.120. The van der Waals surface area contributed by atoms with E-state index in [-0.39, 0.29) is 0 Å². The summed E-state index contributed by atoms with van der Waals surface area (Å²) in [6, 6.07) is 0.690. The first-order valence-electron chi connectivity index (χ1n) is 3.31. The van der Waals surface area contributed by atoms with Crippen LogP contribution < -0.4 is 5.43 Å². The van der Waals surface area contributed by atoms with E-state index in [4.69, 9.17) is 0 Å². The second-order valence-electron chi connectivity index (χ2n) is 2.86. The van der Waals surface area contributed by atoms with Crippen LogP contribution in [0.1, 0.15) is 0 Å². The lowest BCUT2D eigenvalue weighted by Gasteiger charge is -2.16. The third kappa shape index (κ3) is 1.64. The molecule has 54 valence electrons. The maximum absolute atomic E-state index is 3.24. The Bertz CT molecular complexity index is 92.3. The van der Waals surface area contributed by atoms with Gasteiger partial charge in [0.1, 0.15) is 0 Å². The summed E-state index contributed by atoms with van der Waals surface area (Å²) in [5.41, 5.74) is 3.24. The monoisotopic (exact) mass is 129 g/mol. The highest BCUT2D eigenvalue weighted by Crippen LogP contribution is 1.99. The number of hydrogen-bond acceptors (Lipinski definition) is 3. The third-order valence-electron chi connectivity index (χ3n) is 1.81. The molecular formula is C6H15N3. The predicted octanol–water partition coefficient (Wildman–Crippen LogP) is -0.633. The number of hydrogen-bond donors (Lipinski definition) is 1. The van der Waals surface area contributed by atoms with E-state index < -0.39 is 0 Å². The minimum absolute atomic E-state index is 0.690. The maximum atomic E-state index is 3.24. The summed E-state index contributed by atoms with van der Waals surface area (Å²) >= 11 is 0. The van der Waals surface area contributed by atoms with Crippen molar-refractivity contribution >= 4 is 0 Å². The van der Waals surface area contributed by atoms with Gasteiger partial charge in [-0.25, -0.2) is 5.01 Å². The van der Waals surface area contributed by atoms with Crippen LogP contribution in [-0.2, 0) is 0 Å². The Morgan fingerprint density at radius 2 is 2.22 bits per heavy atom. The minimum atomic E-state index is 0.690. The number of nitrogens with zero attached hydrogens (tertiary/aromatic N) is 2. The first-order valence-corrected chi connectivity index (χ1v) is 3.31. The van der Waals surface area contributed by atoms with Crippen molar-refractivity contribution in [3.05, 3.63) is 0 Å². The van der Waals surface area contributed by atoms with Crippen LogP contribution in [0.4, 0.5) is 0 Å². The number of nitrogens with one attached hydrogen (secondary N) is 1. The molecule has 1 aliphatic heterocycles. The van der Waals surface area contributed by atoms with Gasteiger partial charge in [0.05, 0.1) is 0 Å². The van der Waals surface area contributed by atoms with E-state index in [1.165, 1.54) is 0 Å². The number of rotatable bonds is 1. The molecule has 9 heavy (non-hydrogen) atoms. The van der Waals surface area contributed by atoms with Crippen molar-refractivity contribution in [3.63, 3.8) is 0 Å². The van der Waals surface area contributed by atoms with Gasteiger partial charge in [-0.05, 0) is 14.1 Å². The zero-order chi connectivity index (χ0) is 6.85. The SMILES string of the molecule is CN1CC(N(C)C)CN1. The Morgan fingerprint density at radius 3 is 2.44 bits per heavy atom. The van der Waals surface area contributed by atoms with Gasteiger partial charge in [-0.15, -0.1) is 0 Å². The van der Waals surface area contributed by atoms with E-state index in [1.807, 2.05) is 0 Å². The average Bonchev–Trinajstić information content (AvgIpc) is 2.14. The molecule has 0 bridgehead atoms. The molecule has 0 aromatic heterocycles. The van der Waals surface area contributed by atoms with Crippen molar-refractivity contribution in [2.45, 2.75) is 6.04 Å². The second kappa shape index (κ2) is 2.64. The first kappa shape index (κ1) is 6.99. The minimum Gasteiger partial charge on any atom is -0.304 e. The van der Waals surface area contributed by atoms with Crippen LogP contribution in [0.25, 0.3) is 0 Å². The largest absolute Gasteiger partial charge is 0.304 e. The summed E-state index contributed by atoms with van der Waals surface area (Å²) in [7, 11) is 6.31. The van der Waals surface area contributed by atoms with Crippen LogP contribution in [0.5, 0.6) is 0 Å². The fourth-order valence-corrected chi connectivity index (χ4v) is 1.05. The maximum Gasteiger partial charge on any atom is 0.0369 e. The molecule has 1 fully saturated rings. The Balaban J connectivity index is 2.30. The van der Waals surface area contributed by atoms with Crippen LogP contribution in [0.2, 0.25) is 0 Å². The summed E-state index contributed by atoms with van der Waals surface area (Å²) in [6.45, 7) is 2.22. The molecule has 1 atom stereocenters. The topological polar surface area (TPSA) is 18.5 Å². The standard InChI is InChI=1S/C6H15N3/c1-8(2)6-4-7-9(3)5-6/h6-7H,4-5H2,1-3H3. The average molecular weight is 129 g/mol. The van der Waals surface area contributed by atoms with E-state index >= 15 is 0 Å². The second-order valence-corrected chi connectivity index (χ2v) is 2.86. The highest BCUT2D eigenvalue weighted by Gasteiger charge is 2.19. The van der Waals surface area contributed by atoms with Gasteiger partial charge >= 0.3 is 0 Å². The van der Waals surface area contributed by atoms with Gasteiger partial charge in [-0.3, -0.25) is 5.43 Å². The molecule has 0 spiro atoms. The summed E-state index contributed by atoms with van der Waals surface area (Å²) in [6.07, 6.45) is 0. The van der Waals surface area contributed by atoms with E-state index in [2.05, 4.69) is 36.5 Å². The van der Waals surface area contributed by atoms with E-state index in [0.29, 0.717) is 6.04 Å². The zero-order valence-electron chi connectivity index (χ0n) is 6.39. The quantitative estimate of drug-likeness (QED) is 0.508. The van der Waals surface area contributed by atoms with Crippen molar-refractivity contribution in [1.82, 2.24) is 15.3 Å². The van der Waals surface area contributed by atoms with Crippen molar-refractivity contribution in [2.24, 2.45) is 0 Å². The summed E-state index contributed by atoms with van der Waals surface area (Å²) < 4.78 is 0. The van der Waals surface area contributed by atoms with Gasteiger partial charge in [0, 0.05) is 26.2 Å². The normalized spacial score (nSPS) is 30.0. The van der Waals surface area contributed by atoms with Crippen LogP contribution in [0.15, 0.2) is 0 Å². The number of likely N-dealkylation sites (N-methyl/N-ethyl adjacent to an activating group) is 2. The van der Waals surface area contributed by atoms with Crippen LogP contribution in [0.3, 0.4) is 0 Å². The van der Waals surface area contributed by atoms with Crippen LogP contribution in [-0.4, -0.2) is 50.2 Å². The third-order valence-corrected chi connectivity index (χ3v) is 1.81. The van der Waals surface area contributed by atoms with E-state index in [1.54, 1.807) is 0 Å². The van der Waals surface area contributed by atoms with Gasteiger partial charge in [-0.1, -0.05) is 0 Å². The van der Waals surface area contributed by atoms with Gasteiger partial charge < -0.3 is 4.90 Å². The van der Waals surface area contributed by atoms with Crippen molar-refractivity contribution in [2.75, 3.05) is 34.2 Å². The molecule has 0 aromatic rings. The molecule has 1 rings (SSSR count). The lowest BCUT2D eigenvalue weighted by molar-refractivity contribution is 0.278. The fraction of sp³-hybridized carbons (Fsp3) is 1.00. The van der Waals surface area contributed by atoms with Crippen molar-refractivity contribution in [3.8, 4) is 0 Å². The summed E-state index contributed by atoms with van der Waals surface area (Å²) in [4.78, 5) is 2.25. The highest BCUT2D eigenvalue weighted by molar-refractivity contribution is 4.76. The summed E-state index contributed by atoms with van der Waals surface area (Å²) in [5, 5.41) is 2.13. The molecule has 0 radical (unpaired) electrons. The zero-order valence-corrected chi connectivity index (χ0v) is 6.39. The smallest absolute Gasteiger partial charge is 0.0369 e. The van der Waals surface area contributed by atoms with E-state index in [9.17, 15) is 0 Å². The molecule has 0 aromatic carbocycles. The molecule has 1 saturated heterocycles. The molecule has 0 saturated carbocycles. The lowest BCUT2D eigenvalue weighted by Crippen LogP contribution is -2.32. The molecule has 1 aliphatic rings. The van der Waals surface area contributed by atoms with Gasteiger partial charge in [-0.2, -0.15) is 0 Å². The predicted molar refractivity (Wildman–Crippen MR) is 38.1 cm³/mol. The lowest BCUT2D eigenvalue weighted by atomic mass is 10.3. The highest BCUT2D eigenvalue weighted by atomic mass is 15.5. The van der Waals surface area contributed by atoms with Crippen molar-refractivity contribution < 1.29 is 0 Å².